The van der Waals surface area contributed by atoms with E-state index in [9.17, 15) is 0 Å². The van der Waals surface area contributed by atoms with Gasteiger partial charge in [0.05, 0.1) is 32.5 Å². The first-order valence-corrected chi connectivity index (χ1v) is 10.8. The van der Waals surface area contributed by atoms with Crippen LogP contribution >= 0.6 is 0 Å². The van der Waals surface area contributed by atoms with Gasteiger partial charge in [-0.15, -0.1) is 6.58 Å². The van der Waals surface area contributed by atoms with E-state index in [2.05, 4.69) is 20.4 Å². The van der Waals surface area contributed by atoms with E-state index in [1.54, 1.807) is 7.11 Å². The van der Waals surface area contributed by atoms with E-state index in [1.165, 1.54) is 0 Å². The van der Waals surface area contributed by atoms with Crippen molar-refractivity contribution in [1.29, 1.82) is 0 Å². The molecule has 0 unspecified atom stereocenters. The molecule has 0 radical (unpaired) electrons. The first-order valence-electron chi connectivity index (χ1n) is 10.8. The van der Waals surface area contributed by atoms with Gasteiger partial charge in [-0.1, -0.05) is 38.0 Å². The van der Waals surface area contributed by atoms with Crippen molar-refractivity contribution in [3.05, 3.63) is 42.5 Å². The van der Waals surface area contributed by atoms with Crippen LogP contribution in [0.1, 0.15) is 52.5 Å². The standard InChI is InChI=1S/C24H40O5/c1-7-11-12-22(23(8-2)29-18-24(26-9-3)27-10-4)19(5)28-17-20-13-15-21(25-6)16-14-20/h8,13-16,19,22-24H,2,7,9-12,17-18H2,1,3-6H3/t19-,22-,23+/m0/s1. The summed E-state index contributed by atoms with van der Waals surface area (Å²) in [5.74, 6) is 1.07. The molecule has 5 heteroatoms. The highest BCUT2D eigenvalue weighted by molar-refractivity contribution is 5.26. The van der Waals surface area contributed by atoms with Crippen LogP contribution in [0, 0.1) is 5.92 Å². The molecule has 0 amide bonds. The molecule has 0 aliphatic rings. The van der Waals surface area contributed by atoms with Gasteiger partial charge in [-0.05, 0) is 44.9 Å². The normalized spacial score (nSPS) is 14.6. The predicted molar refractivity (Wildman–Crippen MR) is 117 cm³/mol. The summed E-state index contributed by atoms with van der Waals surface area (Å²) in [6.07, 6.45) is 4.71. The van der Waals surface area contributed by atoms with E-state index >= 15 is 0 Å². The van der Waals surface area contributed by atoms with Crippen molar-refractivity contribution in [2.45, 2.75) is 72.1 Å². The predicted octanol–water partition coefficient (Wildman–Crippen LogP) is 5.38. The summed E-state index contributed by atoms with van der Waals surface area (Å²) >= 11 is 0. The maximum atomic E-state index is 6.21. The third kappa shape index (κ3) is 9.77. The average Bonchev–Trinajstić information content (AvgIpc) is 2.74. The van der Waals surface area contributed by atoms with Crippen molar-refractivity contribution < 1.29 is 23.7 Å². The Balaban J connectivity index is 2.70. The molecular formula is C24H40O5. The lowest BCUT2D eigenvalue weighted by Crippen LogP contribution is -2.35. The molecular weight excluding hydrogens is 368 g/mol. The number of methoxy groups -OCH3 is 1. The zero-order chi connectivity index (χ0) is 21.5. The van der Waals surface area contributed by atoms with Gasteiger partial charge in [0.2, 0.25) is 0 Å². The quantitative estimate of drug-likeness (QED) is 0.256. The van der Waals surface area contributed by atoms with Gasteiger partial charge < -0.3 is 23.7 Å². The molecule has 0 spiro atoms. The van der Waals surface area contributed by atoms with Gasteiger partial charge in [-0.3, -0.25) is 0 Å². The number of ether oxygens (including phenoxy) is 5. The fraction of sp³-hybridized carbons (Fsp3) is 0.667. The SMILES string of the molecule is C=C[C@@H](OCC(OCC)OCC)[C@@H](CCCC)[C@H](C)OCc1ccc(OC)cc1. The minimum absolute atomic E-state index is 0.0317. The Kier molecular flexibility index (Phi) is 13.7. The number of hydrogen-bond acceptors (Lipinski definition) is 5. The average molecular weight is 409 g/mol. The largest absolute Gasteiger partial charge is 0.497 e. The van der Waals surface area contributed by atoms with Crippen LogP contribution in [0.4, 0.5) is 0 Å². The van der Waals surface area contributed by atoms with Gasteiger partial charge in [0.25, 0.3) is 0 Å². The van der Waals surface area contributed by atoms with Gasteiger partial charge >= 0.3 is 0 Å². The van der Waals surface area contributed by atoms with E-state index in [4.69, 9.17) is 23.7 Å². The summed E-state index contributed by atoms with van der Waals surface area (Å²) in [5, 5.41) is 0. The molecule has 0 aliphatic heterocycles. The van der Waals surface area contributed by atoms with Crippen molar-refractivity contribution in [3.63, 3.8) is 0 Å². The van der Waals surface area contributed by atoms with Crippen molar-refractivity contribution >= 4 is 0 Å². The molecule has 1 aromatic rings. The molecule has 0 bridgehead atoms. The first-order chi connectivity index (χ1) is 14.1. The molecule has 0 N–H and O–H groups in total. The topological polar surface area (TPSA) is 46.2 Å². The molecule has 166 valence electrons. The lowest BCUT2D eigenvalue weighted by atomic mass is 9.90. The number of benzene rings is 1. The van der Waals surface area contributed by atoms with Crippen molar-refractivity contribution in [3.8, 4) is 5.75 Å². The van der Waals surface area contributed by atoms with Crippen LogP contribution in [0.15, 0.2) is 36.9 Å². The van der Waals surface area contributed by atoms with E-state index < -0.39 is 0 Å². The molecule has 0 fully saturated rings. The third-order valence-electron chi connectivity index (χ3n) is 4.95. The van der Waals surface area contributed by atoms with Crippen LogP contribution in [0.2, 0.25) is 0 Å². The second-order valence-electron chi connectivity index (χ2n) is 7.04. The van der Waals surface area contributed by atoms with Crippen LogP contribution in [0.3, 0.4) is 0 Å². The fourth-order valence-corrected chi connectivity index (χ4v) is 3.25. The van der Waals surface area contributed by atoms with Crippen molar-refractivity contribution in [2.24, 2.45) is 5.92 Å². The molecule has 1 rings (SSSR count). The van der Waals surface area contributed by atoms with Gasteiger partial charge in [0, 0.05) is 19.1 Å². The lowest BCUT2D eigenvalue weighted by Gasteiger charge is -2.31. The third-order valence-corrected chi connectivity index (χ3v) is 4.95. The minimum Gasteiger partial charge on any atom is -0.497 e. The lowest BCUT2D eigenvalue weighted by molar-refractivity contribution is -0.180. The maximum absolute atomic E-state index is 6.21. The summed E-state index contributed by atoms with van der Waals surface area (Å²) in [5.41, 5.74) is 1.12. The van der Waals surface area contributed by atoms with Gasteiger partial charge in [-0.2, -0.15) is 0 Å². The number of unbranched alkanes of at least 4 members (excludes halogenated alkanes) is 1. The monoisotopic (exact) mass is 408 g/mol. The van der Waals surface area contributed by atoms with Crippen LogP contribution < -0.4 is 4.74 Å². The van der Waals surface area contributed by atoms with Crippen LogP contribution in [-0.4, -0.2) is 45.4 Å². The molecule has 0 heterocycles. The number of rotatable bonds is 17. The zero-order valence-corrected chi connectivity index (χ0v) is 18.9. The fourth-order valence-electron chi connectivity index (χ4n) is 3.25. The number of hydrogen-bond donors (Lipinski definition) is 0. The summed E-state index contributed by atoms with van der Waals surface area (Å²) < 4.78 is 28.8. The Labute approximate surface area is 177 Å². The van der Waals surface area contributed by atoms with Gasteiger partial charge in [0.1, 0.15) is 5.75 Å². The maximum Gasteiger partial charge on any atom is 0.180 e. The Morgan fingerprint density at radius 1 is 0.966 bits per heavy atom. The van der Waals surface area contributed by atoms with Gasteiger partial charge in [-0.25, -0.2) is 0 Å². The molecule has 0 saturated heterocycles. The van der Waals surface area contributed by atoms with E-state index in [0.717, 1.165) is 30.6 Å². The zero-order valence-electron chi connectivity index (χ0n) is 18.9. The summed E-state index contributed by atoms with van der Waals surface area (Å²) in [7, 11) is 1.67. The summed E-state index contributed by atoms with van der Waals surface area (Å²) in [6.45, 7) is 14.3. The second-order valence-corrected chi connectivity index (χ2v) is 7.04. The molecule has 29 heavy (non-hydrogen) atoms. The molecule has 0 saturated carbocycles. The second kappa shape index (κ2) is 15.4. The highest BCUT2D eigenvalue weighted by Crippen LogP contribution is 2.25. The molecule has 1 aromatic carbocycles. The minimum atomic E-state index is -0.352. The Hall–Kier alpha value is -1.40. The highest BCUT2D eigenvalue weighted by atomic mass is 16.7. The van der Waals surface area contributed by atoms with E-state index in [1.807, 2.05) is 44.2 Å². The van der Waals surface area contributed by atoms with Crippen molar-refractivity contribution in [1.82, 2.24) is 0 Å². The van der Waals surface area contributed by atoms with Crippen LogP contribution in [0.25, 0.3) is 0 Å². The molecule has 0 aliphatic carbocycles. The Bertz CT molecular complexity index is 525. The van der Waals surface area contributed by atoms with Crippen LogP contribution in [0.5, 0.6) is 5.75 Å². The summed E-state index contributed by atoms with van der Waals surface area (Å²) in [4.78, 5) is 0. The van der Waals surface area contributed by atoms with Gasteiger partial charge in [0.15, 0.2) is 6.29 Å². The Morgan fingerprint density at radius 3 is 2.14 bits per heavy atom. The first kappa shape index (κ1) is 25.6. The van der Waals surface area contributed by atoms with Crippen LogP contribution in [-0.2, 0) is 25.6 Å². The molecule has 3 atom stereocenters. The highest BCUT2D eigenvalue weighted by Gasteiger charge is 2.27. The van der Waals surface area contributed by atoms with Crippen molar-refractivity contribution in [2.75, 3.05) is 26.9 Å². The van der Waals surface area contributed by atoms with E-state index in [-0.39, 0.29) is 24.4 Å². The summed E-state index contributed by atoms with van der Waals surface area (Å²) in [6, 6.07) is 7.97. The van der Waals surface area contributed by atoms with E-state index in [0.29, 0.717) is 26.4 Å². The molecule has 5 nitrogen and oxygen atoms in total. The smallest absolute Gasteiger partial charge is 0.180 e. The molecule has 0 aromatic heterocycles. The Morgan fingerprint density at radius 2 is 1.62 bits per heavy atom.